The second-order valence-corrected chi connectivity index (χ2v) is 17.1. The molecular formula is C50H97NO5. The lowest BCUT2D eigenvalue weighted by atomic mass is 10.0. The summed E-state index contributed by atoms with van der Waals surface area (Å²) in [7, 11) is 0. The lowest BCUT2D eigenvalue weighted by Crippen LogP contribution is -2.45. The quantitative estimate of drug-likeness (QED) is 0.0324. The molecule has 0 aliphatic heterocycles. The summed E-state index contributed by atoms with van der Waals surface area (Å²) in [5.74, 6) is -0.0536. The van der Waals surface area contributed by atoms with Crippen molar-refractivity contribution in [3.63, 3.8) is 0 Å². The first kappa shape index (κ1) is 54.6. The summed E-state index contributed by atoms with van der Waals surface area (Å²) in [5, 5.41) is 23.0. The maximum absolute atomic E-state index is 12.4. The van der Waals surface area contributed by atoms with Gasteiger partial charge in [0.25, 0.3) is 0 Å². The number of rotatable bonds is 46. The number of hydrogen-bond acceptors (Lipinski definition) is 5. The van der Waals surface area contributed by atoms with Gasteiger partial charge in [0.2, 0.25) is 5.91 Å². The fraction of sp³-hybridized carbons (Fsp3) is 0.920. The second-order valence-electron chi connectivity index (χ2n) is 17.1. The Balaban J connectivity index is 3.40. The second kappa shape index (κ2) is 46.3. The molecule has 0 spiro atoms. The first-order chi connectivity index (χ1) is 27.5. The number of aliphatic hydroxyl groups excluding tert-OH is 2. The highest BCUT2D eigenvalue weighted by molar-refractivity contribution is 5.76. The maximum atomic E-state index is 12.4. The summed E-state index contributed by atoms with van der Waals surface area (Å²) in [6, 6.07) is -0.545. The third-order valence-corrected chi connectivity index (χ3v) is 11.6. The van der Waals surface area contributed by atoms with Gasteiger partial charge in [-0.15, -0.1) is 0 Å². The molecule has 0 aliphatic carbocycles. The van der Waals surface area contributed by atoms with Crippen LogP contribution < -0.4 is 5.32 Å². The van der Waals surface area contributed by atoms with E-state index in [9.17, 15) is 19.8 Å². The molecule has 1 amide bonds. The van der Waals surface area contributed by atoms with E-state index in [4.69, 9.17) is 4.74 Å². The first-order valence-corrected chi connectivity index (χ1v) is 24.9. The topological polar surface area (TPSA) is 95.9 Å². The fourth-order valence-corrected chi connectivity index (χ4v) is 7.69. The van der Waals surface area contributed by atoms with Crippen LogP contribution in [-0.2, 0) is 14.3 Å². The van der Waals surface area contributed by atoms with Crippen LogP contribution in [0.1, 0.15) is 271 Å². The fourth-order valence-electron chi connectivity index (χ4n) is 7.69. The minimum atomic E-state index is -0.667. The van der Waals surface area contributed by atoms with Crippen molar-refractivity contribution in [2.75, 3.05) is 13.2 Å². The van der Waals surface area contributed by atoms with Crippen molar-refractivity contribution in [2.45, 2.75) is 283 Å². The van der Waals surface area contributed by atoms with Crippen LogP contribution in [0.5, 0.6) is 0 Å². The van der Waals surface area contributed by atoms with E-state index in [-0.39, 0.29) is 18.5 Å². The van der Waals surface area contributed by atoms with E-state index in [0.717, 1.165) is 51.4 Å². The Labute approximate surface area is 349 Å². The lowest BCUT2D eigenvalue weighted by Gasteiger charge is -2.22. The molecule has 0 saturated carbocycles. The van der Waals surface area contributed by atoms with Crippen molar-refractivity contribution in [3.05, 3.63) is 12.2 Å². The molecule has 332 valence electrons. The number of ether oxygens (including phenoxy) is 1. The number of amides is 1. The summed E-state index contributed by atoms with van der Waals surface area (Å²) in [5.41, 5.74) is 0. The predicted octanol–water partition coefficient (Wildman–Crippen LogP) is 14.6. The summed E-state index contributed by atoms with van der Waals surface area (Å²) in [6.45, 7) is 4.90. The van der Waals surface area contributed by atoms with Gasteiger partial charge in [0.1, 0.15) is 0 Å². The van der Waals surface area contributed by atoms with Crippen LogP contribution in [0.2, 0.25) is 0 Å². The molecule has 2 unspecified atom stereocenters. The van der Waals surface area contributed by atoms with Gasteiger partial charge in [0.05, 0.1) is 25.4 Å². The zero-order valence-electron chi connectivity index (χ0n) is 37.6. The lowest BCUT2D eigenvalue weighted by molar-refractivity contribution is -0.143. The zero-order valence-corrected chi connectivity index (χ0v) is 37.6. The third-order valence-electron chi connectivity index (χ3n) is 11.6. The number of allylic oxidation sites excluding steroid dienone is 2. The Morgan fingerprint density at radius 2 is 0.839 bits per heavy atom. The van der Waals surface area contributed by atoms with E-state index in [1.165, 1.54) is 186 Å². The van der Waals surface area contributed by atoms with Crippen molar-refractivity contribution in [1.29, 1.82) is 0 Å². The van der Waals surface area contributed by atoms with Gasteiger partial charge >= 0.3 is 5.97 Å². The zero-order chi connectivity index (χ0) is 40.8. The summed E-state index contributed by atoms with van der Waals surface area (Å²) < 4.78 is 5.46. The number of nitrogens with one attached hydrogen (secondary N) is 1. The van der Waals surface area contributed by atoms with E-state index < -0.39 is 12.1 Å². The summed E-state index contributed by atoms with van der Waals surface area (Å²) in [4.78, 5) is 24.4. The van der Waals surface area contributed by atoms with Crippen LogP contribution in [0.25, 0.3) is 0 Å². The largest absolute Gasteiger partial charge is 0.466 e. The molecule has 0 aromatic carbocycles. The molecule has 0 aromatic heterocycles. The average Bonchev–Trinajstić information content (AvgIpc) is 3.20. The van der Waals surface area contributed by atoms with E-state index in [1.807, 2.05) is 0 Å². The van der Waals surface area contributed by atoms with Crippen LogP contribution in [0.3, 0.4) is 0 Å². The third kappa shape index (κ3) is 42.2. The van der Waals surface area contributed by atoms with Crippen LogP contribution in [-0.4, -0.2) is 47.4 Å². The molecule has 0 rings (SSSR count). The Hall–Kier alpha value is -1.40. The maximum Gasteiger partial charge on any atom is 0.305 e. The molecule has 0 heterocycles. The highest BCUT2D eigenvalue weighted by Gasteiger charge is 2.20. The highest BCUT2D eigenvalue weighted by Crippen LogP contribution is 2.16. The molecule has 0 saturated heterocycles. The number of unbranched alkanes of at least 4 members (excludes halogenated alkanes) is 33. The minimum Gasteiger partial charge on any atom is -0.466 e. The van der Waals surface area contributed by atoms with Crippen molar-refractivity contribution >= 4 is 11.9 Å². The molecule has 6 nitrogen and oxygen atoms in total. The smallest absolute Gasteiger partial charge is 0.305 e. The number of carbonyl (C=O) groups excluding carboxylic acids is 2. The van der Waals surface area contributed by atoms with Crippen LogP contribution in [0.15, 0.2) is 12.2 Å². The average molecular weight is 792 g/mol. The summed E-state index contributed by atoms with van der Waals surface area (Å²) >= 11 is 0. The minimum absolute atomic E-state index is 0.00752. The molecule has 0 bridgehead atoms. The number of esters is 1. The van der Waals surface area contributed by atoms with Crippen molar-refractivity contribution < 1.29 is 24.5 Å². The van der Waals surface area contributed by atoms with E-state index >= 15 is 0 Å². The summed E-state index contributed by atoms with van der Waals surface area (Å²) in [6.07, 6.45) is 51.8. The molecule has 56 heavy (non-hydrogen) atoms. The predicted molar refractivity (Wildman–Crippen MR) is 241 cm³/mol. The highest BCUT2D eigenvalue weighted by atomic mass is 16.5. The SMILES string of the molecule is CCCCCCCC/C=C\CCCCCCCC(=O)OCCCCCCCCCCCCCCCCCC(=O)NC(CO)C(O)CCCCCCCCCCC. The molecule has 0 aromatic rings. The van der Waals surface area contributed by atoms with Crippen molar-refractivity contribution in [2.24, 2.45) is 0 Å². The van der Waals surface area contributed by atoms with Crippen LogP contribution in [0, 0.1) is 0 Å². The number of aliphatic hydroxyl groups is 2. The Morgan fingerprint density at radius 3 is 1.27 bits per heavy atom. The molecule has 0 fully saturated rings. The van der Waals surface area contributed by atoms with Crippen LogP contribution in [0.4, 0.5) is 0 Å². The van der Waals surface area contributed by atoms with Gasteiger partial charge in [-0.25, -0.2) is 0 Å². The molecule has 3 N–H and O–H groups in total. The molecule has 0 radical (unpaired) electrons. The standard InChI is InChI=1S/C50H97NO5/c1-3-5-7-9-11-13-14-15-17-21-24-28-32-36-40-44-50(55)56-45-41-37-33-29-25-22-19-16-18-20-23-27-31-35-39-43-49(54)51-47(46-52)48(53)42-38-34-30-26-12-10-8-6-4-2/h15,17,47-48,52-53H,3-14,16,18-46H2,1-2H3,(H,51,54)/b17-15-. The van der Waals surface area contributed by atoms with Gasteiger partial charge in [0.15, 0.2) is 0 Å². The van der Waals surface area contributed by atoms with E-state index in [2.05, 4.69) is 31.3 Å². The van der Waals surface area contributed by atoms with Gasteiger partial charge in [-0.3, -0.25) is 9.59 Å². The molecule has 0 aliphatic rings. The molecule has 2 atom stereocenters. The normalized spacial score (nSPS) is 12.7. The van der Waals surface area contributed by atoms with Gasteiger partial charge < -0.3 is 20.3 Å². The molecule has 6 heteroatoms. The van der Waals surface area contributed by atoms with Gasteiger partial charge in [-0.2, -0.15) is 0 Å². The van der Waals surface area contributed by atoms with E-state index in [1.54, 1.807) is 0 Å². The number of carbonyl (C=O) groups is 2. The van der Waals surface area contributed by atoms with Crippen LogP contribution >= 0.6 is 0 Å². The molecular weight excluding hydrogens is 695 g/mol. The van der Waals surface area contributed by atoms with Gasteiger partial charge in [0, 0.05) is 12.8 Å². The Bertz CT molecular complexity index is 832. The van der Waals surface area contributed by atoms with E-state index in [0.29, 0.717) is 25.9 Å². The van der Waals surface area contributed by atoms with Gasteiger partial charge in [-0.1, -0.05) is 219 Å². The Morgan fingerprint density at radius 1 is 0.482 bits per heavy atom. The van der Waals surface area contributed by atoms with Crippen molar-refractivity contribution in [1.82, 2.24) is 5.32 Å². The number of hydrogen-bond donors (Lipinski definition) is 3. The Kier molecular flexibility index (Phi) is 45.1. The monoisotopic (exact) mass is 792 g/mol. The van der Waals surface area contributed by atoms with Gasteiger partial charge in [-0.05, 0) is 51.4 Å². The van der Waals surface area contributed by atoms with Crippen molar-refractivity contribution in [3.8, 4) is 0 Å². The first-order valence-electron chi connectivity index (χ1n) is 24.9.